The molecule has 5 heteroatoms. The topological polar surface area (TPSA) is 39.4 Å². The lowest BCUT2D eigenvalue weighted by Gasteiger charge is -1.89. The summed E-state index contributed by atoms with van der Waals surface area (Å²) in [6, 6.07) is 5.84. The molecule has 0 spiro atoms. The van der Waals surface area contributed by atoms with E-state index < -0.39 is 0 Å². The monoisotopic (exact) mass is 394 g/mol. The highest BCUT2D eigenvalue weighted by Gasteiger charge is 2.00. The molecule has 2 bridgehead atoms. The van der Waals surface area contributed by atoms with E-state index in [0.717, 1.165) is 15.6 Å². The second-order valence-corrected chi connectivity index (χ2v) is 4.14. The van der Waals surface area contributed by atoms with Crippen LogP contribution in [0, 0.1) is 9.85 Å². The van der Waals surface area contributed by atoms with Gasteiger partial charge in [0.25, 0.3) is 0 Å². The Morgan fingerprint density at radius 3 is 2.69 bits per heavy atom. The number of furan rings is 2. The van der Waals surface area contributed by atoms with E-state index in [0.29, 0.717) is 0 Å². The minimum atomic E-state index is -0.288. The highest BCUT2D eigenvalue weighted by Crippen LogP contribution is 2.26. The molecule has 0 fully saturated rings. The molecule has 3 nitrogen and oxygen atoms in total. The van der Waals surface area contributed by atoms with Crippen LogP contribution in [0.2, 0.25) is 0 Å². The molecule has 0 aliphatic rings. The number of carbonyl (C=O) groups is 1. The number of rotatable bonds is 1. The summed E-state index contributed by atoms with van der Waals surface area (Å²) in [5.74, 6) is 2.29. The summed E-state index contributed by atoms with van der Waals surface area (Å²) in [4.78, 5) is 10.0. The summed E-state index contributed by atoms with van der Waals surface area (Å²) in [5, 5.41) is 0. The zero-order valence-corrected chi connectivity index (χ0v) is 12.2. The number of esters is 1. The second kappa shape index (κ2) is 6.76. The number of halogens is 2. The van der Waals surface area contributed by atoms with Gasteiger partial charge in [0.15, 0.2) is 6.61 Å². The molecule has 2 heterocycles. The molecular weight excluding hydrogens is 387 g/mol. The van der Waals surface area contributed by atoms with Crippen LogP contribution < -0.4 is 0 Å². The first kappa shape index (κ1) is 13.3. The summed E-state index contributed by atoms with van der Waals surface area (Å²) in [6.45, 7) is 1.56. The molecule has 84 valence electrons. The SMILES string of the molecule is Brc1cc2ccc1o2.CC(=O)OCC#CI. The maximum Gasteiger partial charge on any atom is 0.303 e. The first-order chi connectivity index (χ1) is 7.63. The van der Waals surface area contributed by atoms with Gasteiger partial charge in [-0.15, -0.1) is 0 Å². The zero-order valence-electron chi connectivity index (χ0n) is 8.42. The first-order valence-electron chi connectivity index (χ1n) is 4.32. The van der Waals surface area contributed by atoms with E-state index >= 15 is 0 Å². The molecule has 2 aromatic heterocycles. The van der Waals surface area contributed by atoms with Crippen LogP contribution in [0.4, 0.5) is 0 Å². The van der Waals surface area contributed by atoms with Crippen molar-refractivity contribution in [1.82, 2.24) is 0 Å². The largest absolute Gasteiger partial charge is 0.456 e. The minimum absolute atomic E-state index is 0.207. The van der Waals surface area contributed by atoms with Crippen LogP contribution in [0.3, 0.4) is 0 Å². The predicted molar refractivity (Wildman–Crippen MR) is 73.5 cm³/mol. The standard InChI is InChI=1S/C6H3BrO.C5H5IO2/c7-5-3-4-1-2-6(5)8-4;1-5(7)8-4-2-3-6/h1-3H;4H2,1H3. The van der Waals surface area contributed by atoms with Gasteiger partial charge in [-0.05, 0) is 38.1 Å². The van der Waals surface area contributed by atoms with E-state index in [9.17, 15) is 4.79 Å². The fourth-order valence-corrected chi connectivity index (χ4v) is 1.51. The minimum Gasteiger partial charge on any atom is -0.456 e. The first-order valence-corrected chi connectivity index (χ1v) is 6.20. The van der Waals surface area contributed by atoms with Gasteiger partial charge in [-0.3, -0.25) is 4.79 Å². The van der Waals surface area contributed by atoms with E-state index in [1.54, 1.807) is 0 Å². The van der Waals surface area contributed by atoms with E-state index in [1.165, 1.54) is 6.92 Å². The molecule has 0 N–H and O–H groups in total. The van der Waals surface area contributed by atoms with Crippen molar-refractivity contribution in [3.05, 3.63) is 22.7 Å². The molecule has 0 saturated carbocycles. The van der Waals surface area contributed by atoms with Crippen LogP contribution >= 0.6 is 38.5 Å². The Labute approximate surface area is 115 Å². The van der Waals surface area contributed by atoms with Crippen LogP contribution in [0.25, 0.3) is 11.2 Å². The fourth-order valence-electron chi connectivity index (χ4n) is 0.920. The Bertz CT molecular complexity index is 509. The Balaban J connectivity index is 0.000000160. The maximum atomic E-state index is 10.0. The molecular formula is C11H8BrIO3. The van der Waals surface area contributed by atoms with Crippen LogP contribution in [0.15, 0.2) is 27.1 Å². The van der Waals surface area contributed by atoms with Crippen molar-refractivity contribution in [2.24, 2.45) is 0 Å². The molecule has 0 aliphatic heterocycles. The van der Waals surface area contributed by atoms with Crippen LogP contribution in [0.1, 0.15) is 6.92 Å². The third kappa shape index (κ3) is 4.41. The summed E-state index contributed by atoms with van der Waals surface area (Å²) < 4.78 is 13.2. The summed E-state index contributed by atoms with van der Waals surface area (Å²) in [6.07, 6.45) is 0. The number of benzene rings is 1. The molecule has 0 aliphatic carbocycles. The maximum absolute atomic E-state index is 10.0. The third-order valence-electron chi connectivity index (χ3n) is 1.55. The average molecular weight is 395 g/mol. The highest BCUT2D eigenvalue weighted by atomic mass is 127. The second-order valence-electron chi connectivity index (χ2n) is 2.75. The molecule has 2 aromatic rings. The van der Waals surface area contributed by atoms with Crippen molar-refractivity contribution in [3.8, 4) is 9.85 Å². The van der Waals surface area contributed by atoms with Crippen molar-refractivity contribution in [3.63, 3.8) is 0 Å². The van der Waals surface area contributed by atoms with Crippen LogP contribution in [-0.2, 0) is 9.53 Å². The van der Waals surface area contributed by atoms with Gasteiger partial charge in [0.1, 0.15) is 11.2 Å². The average Bonchev–Trinajstić information content (AvgIpc) is 2.79. The number of fused-ring (bicyclic) bond motifs is 2. The van der Waals surface area contributed by atoms with Crippen LogP contribution in [0.5, 0.6) is 0 Å². The van der Waals surface area contributed by atoms with Crippen LogP contribution in [-0.4, -0.2) is 12.6 Å². The van der Waals surface area contributed by atoms with E-state index in [-0.39, 0.29) is 12.6 Å². The van der Waals surface area contributed by atoms with Gasteiger partial charge < -0.3 is 9.15 Å². The number of hydrogen-bond donors (Lipinski definition) is 0. The molecule has 2 rings (SSSR count). The van der Waals surface area contributed by atoms with Gasteiger partial charge in [0.2, 0.25) is 0 Å². The Kier molecular flexibility index (Phi) is 5.63. The summed E-state index contributed by atoms with van der Waals surface area (Å²) in [7, 11) is 0. The quantitative estimate of drug-likeness (QED) is 0.421. The van der Waals surface area contributed by atoms with Crippen molar-refractivity contribution in [2.75, 3.05) is 6.61 Å². The number of carbonyl (C=O) groups excluding carboxylic acids is 1. The van der Waals surface area contributed by atoms with Crippen molar-refractivity contribution < 1.29 is 13.9 Å². The van der Waals surface area contributed by atoms with Gasteiger partial charge in [-0.2, -0.15) is 0 Å². The molecule has 0 saturated heterocycles. The Hall–Kier alpha value is -0.740. The van der Waals surface area contributed by atoms with E-state index in [2.05, 4.69) is 30.5 Å². The normalized spacial score (nSPS) is 8.94. The van der Waals surface area contributed by atoms with Crippen molar-refractivity contribution in [2.45, 2.75) is 6.92 Å². The predicted octanol–water partition coefficient (Wildman–Crippen LogP) is 3.58. The molecule has 0 aromatic carbocycles. The van der Waals surface area contributed by atoms with Gasteiger partial charge >= 0.3 is 5.97 Å². The third-order valence-corrected chi connectivity index (χ3v) is 2.55. The highest BCUT2D eigenvalue weighted by molar-refractivity contribution is 14.1. The number of ether oxygens (including phenoxy) is 1. The van der Waals surface area contributed by atoms with E-state index in [1.807, 2.05) is 40.8 Å². The fraction of sp³-hybridized carbons (Fsp3) is 0.182. The molecule has 0 radical (unpaired) electrons. The number of hydrogen-bond acceptors (Lipinski definition) is 3. The lowest BCUT2D eigenvalue weighted by molar-refractivity contribution is -0.139. The molecule has 0 atom stereocenters. The Morgan fingerprint density at radius 2 is 2.38 bits per heavy atom. The van der Waals surface area contributed by atoms with Gasteiger partial charge in [0.05, 0.1) is 4.47 Å². The van der Waals surface area contributed by atoms with E-state index in [4.69, 9.17) is 4.42 Å². The van der Waals surface area contributed by atoms with Gasteiger partial charge in [-0.1, -0.05) is 5.92 Å². The smallest absolute Gasteiger partial charge is 0.303 e. The van der Waals surface area contributed by atoms with Crippen molar-refractivity contribution in [1.29, 1.82) is 0 Å². The lowest BCUT2D eigenvalue weighted by atomic mass is 10.4. The molecule has 16 heavy (non-hydrogen) atoms. The molecule has 0 amide bonds. The van der Waals surface area contributed by atoms with Gasteiger partial charge in [0, 0.05) is 29.5 Å². The lowest BCUT2D eigenvalue weighted by Crippen LogP contribution is -1.97. The zero-order chi connectivity index (χ0) is 12.0. The summed E-state index contributed by atoms with van der Waals surface area (Å²) >= 11 is 5.20. The van der Waals surface area contributed by atoms with Crippen molar-refractivity contribution >= 4 is 55.7 Å². The Morgan fingerprint density at radius 1 is 1.62 bits per heavy atom. The molecule has 0 unspecified atom stereocenters. The summed E-state index contributed by atoms with van der Waals surface area (Å²) in [5.41, 5.74) is 1.87. The van der Waals surface area contributed by atoms with Gasteiger partial charge in [-0.25, -0.2) is 0 Å².